The van der Waals surface area contributed by atoms with Gasteiger partial charge in [0.1, 0.15) is 0 Å². The number of nitrogens with zero attached hydrogens (tertiary/aromatic N) is 2. The summed E-state index contributed by atoms with van der Waals surface area (Å²) < 4.78 is 5.10. The van der Waals surface area contributed by atoms with Crippen LogP contribution >= 0.6 is 0 Å². The highest BCUT2D eigenvalue weighted by atomic mass is 15.0. The molecule has 2 aromatic heterocycles. The molecule has 0 N–H and O–H groups in total. The Bertz CT molecular complexity index is 2500. The highest BCUT2D eigenvalue weighted by molar-refractivity contribution is 6.10. The Labute approximate surface area is 301 Å². The Balaban J connectivity index is 1.24. The summed E-state index contributed by atoms with van der Waals surface area (Å²) in [5, 5.41) is 5.28. The van der Waals surface area contributed by atoms with Gasteiger partial charge in [-0.05, 0) is 120 Å². The minimum atomic E-state index is -0.0403. The third-order valence-corrected chi connectivity index (χ3v) is 12.9. The van der Waals surface area contributed by atoms with Crippen LogP contribution in [0.15, 0.2) is 109 Å². The molecule has 0 saturated carbocycles. The van der Waals surface area contributed by atoms with Crippen molar-refractivity contribution in [3.8, 4) is 11.4 Å². The Morgan fingerprint density at radius 3 is 1.04 bits per heavy atom. The van der Waals surface area contributed by atoms with E-state index in [1.807, 2.05) is 0 Å². The number of aryl methyl sites for hydroxylation is 2. The van der Waals surface area contributed by atoms with Crippen molar-refractivity contribution in [2.45, 2.75) is 84.5 Å². The largest absolute Gasteiger partial charge is 0.309 e. The summed E-state index contributed by atoms with van der Waals surface area (Å²) >= 11 is 0. The quantitative estimate of drug-likeness (QED) is 0.174. The van der Waals surface area contributed by atoms with Crippen molar-refractivity contribution < 1.29 is 0 Å². The summed E-state index contributed by atoms with van der Waals surface area (Å²) in [5.74, 6) is 0. The van der Waals surface area contributed by atoms with Crippen LogP contribution in [-0.4, -0.2) is 9.13 Å². The van der Waals surface area contributed by atoms with Gasteiger partial charge in [-0.25, -0.2) is 0 Å². The molecular weight excluding hydrogens is 617 g/mol. The third kappa shape index (κ3) is 3.83. The normalized spacial score (nSPS) is 16.9. The van der Waals surface area contributed by atoms with Crippen LogP contribution in [0.1, 0.15) is 85.0 Å². The van der Waals surface area contributed by atoms with Crippen molar-refractivity contribution in [3.05, 3.63) is 154 Å². The summed E-state index contributed by atoms with van der Waals surface area (Å²) in [6.07, 6.45) is 2.24. The molecule has 0 bridgehead atoms. The van der Waals surface area contributed by atoms with Gasteiger partial charge in [-0.1, -0.05) is 113 Å². The molecular formula is C49H46N2. The van der Waals surface area contributed by atoms with Gasteiger partial charge in [-0.15, -0.1) is 0 Å². The first kappa shape index (κ1) is 30.7. The Morgan fingerprint density at radius 2 is 0.725 bits per heavy atom. The minimum absolute atomic E-state index is 0.0195. The van der Waals surface area contributed by atoms with Crippen molar-refractivity contribution in [1.82, 2.24) is 9.13 Å². The molecule has 0 saturated heterocycles. The number of rotatable bonds is 2. The van der Waals surface area contributed by atoms with Gasteiger partial charge in [0.2, 0.25) is 0 Å². The van der Waals surface area contributed by atoms with Crippen LogP contribution in [0.2, 0.25) is 0 Å². The average molecular weight is 663 g/mol. The van der Waals surface area contributed by atoms with E-state index in [2.05, 4.69) is 174 Å². The van der Waals surface area contributed by atoms with Gasteiger partial charge in [0.25, 0.3) is 0 Å². The van der Waals surface area contributed by atoms with E-state index in [9.17, 15) is 0 Å². The summed E-state index contributed by atoms with van der Waals surface area (Å²) in [5.41, 5.74) is 19.6. The van der Waals surface area contributed by atoms with Crippen LogP contribution in [0, 0.1) is 27.7 Å². The van der Waals surface area contributed by atoms with E-state index in [1.54, 1.807) is 22.3 Å². The van der Waals surface area contributed by atoms with Crippen LogP contribution in [0.3, 0.4) is 0 Å². The lowest BCUT2D eigenvalue weighted by Crippen LogP contribution is -2.27. The van der Waals surface area contributed by atoms with E-state index in [0.717, 1.165) is 12.8 Å². The smallest absolute Gasteiger partial charge is 0.0541 e. The van der Waals surface area contributed by atoms with Crippen molar-refractivity contribution >= 4 is 43.6 Å². The van der Waals surface area contributed by atoms with Crippen molar-refractivity contribution in [1.29, 1.82) is 0 Å². The lowest BCUT2D eigenvalue weighted by molar-refractivity contribution is 0.349. The molecule has 6 aromatic carbocycles. The van der Waals surface area contributed by atoms with E-state index >= 15 is 0 Å². The van der Waals surface area contributed by atoms with Gasteiger partial charge in [0, 0.05) is 27.0 Å². The predicted octanol–water partition coefficient (Wildman–Crippen LogP) is 12.8. The second kappa shape index (κ2) is 10.0. The number of hydrogen-bond donors (Lipinski definition) is 0. The number of hydrogen-bond acceptors (Lipinski definition) is 0. The number of aromatic nitrogens is 2. The van der Waals surface area contributed by atoms with Crippen LogP contribution in [0.4, 0.5) is 0 Å². The zero-order valence-corrected chi connectivity index (χ0v) is 31.2. The van der Waals surface area contributed by atoms with E-state index < -0.39 is 0 Å². The maximum Gasteiger partial charge on any atom is 0.0541 e. The molecule has 2 aliphatic carbocycles. The summed E-state index contributed by atoms with van der Waals surface area (Å²) in [7, 11) is 0. The fourth-order valence-corrected chi connectivity index (χ4v) is 11.7. The highest BCUT2D eigenvalue weighted by Gasteiger charge is 2.57. The number of fused-ring (bicyclic) bond motifs is 10. The first-order valence-corrected chi connectivity index (χ1v) is 18.7. The molecule has 0 aliphatic heterocycles. The fourth-order valence-electron chi connectivity index (χ4n) is 11.7. The summed E-state index contributed by atoms with van der Waals surface area (Å²) in [6, 6.07) is 40.9. The van der Waals surface area contributed by atoms with E-state index in [-0.39, 0.29) is 16.2 Å². The van der Waals surface area contributed by atoms with Crippen molar-refractivity contribution in [3.63, 3.8) is 0 Å². The lowest BCUT2D eigenvalue weighted by atomic mass is 9.72. The van der Waals surface area contributed by atoms with Crippen molar-refractivity contribution in [2.24, 2.45) is 0 Å². The standard InChI is InChI=1S/C49H46N2/c1-29-25-37-43(31(3)45(29)50-39-21-13-9-17-33(39)34-18-10-14-22-40(34)50)47(5,6)27-49(37)28-48(7,8)44-32(4)46(30(2)26-38(44)49)51-41-23-15-11-19-35(41)36-20-12-16-24-42(36)51/h9-26H,27-28H2,1-8H3. The van der Waals surface area contributed by atoms with Gasteiger partial charge >= 0.3 is 0 Å². The topological polar surface area (TPSA) is 9.86 Å². The molecule has 2 aliphatic rings. The molecule has 252 valence electrons. The van der Waals surface area contributed by atoms with Gasteiger partial charge in [0.05, 0.1) is 33.4 Å². The second-order valence-electron chi connectivity index (χ2n) is 17.1. The first-order valence-electron chi connectivity index (χ1n) is 18.7. The Kier molecular flexibility index (Phi) is 6.04. The molecule has 10 rings (SSSR count). The molecule has 0 amide bonds. The zero-order valence-electron chi connectivity index (χ0n) is 31.2. The molecule has 0 fully saturated rings. The molecule has 2 heteroatoms. The highest BCUT2D eigenvalue weighted by Crippen LogP contribution is 2.65. The van der Waals surface area contributed by atoms with Gasteiger partial charge < -0.3 is 9.13 Å². The maximum absolute atomic E-state index is 2.60. The van der Waals surface area contributed by atoms with E-state index in [4.69, 9.17) is 0 Å². The molecule has 2 nitrogen and oxygen atoms in total. The monoisotopic (exact) mass is 662 g/mol. The van der Waals surface area contributed by atoms with Gasteiger partial charge in [0.15, 0.2) is 0 Å². The van der Waals surface area contributed by atoms with Crippen LogP contribution in [-0.2, 0) is 16.2 Å². The lowest BCUT2D eigenvalue weighted by Gasteiger charge is -2.31. The molecule has 0 radical (unpaired) electrons. The fraction of sp³-hybridized carbons (Fsp3) is 0.265. The molecule has 51 heavy (non-hydrogen) atoms. The maximum atomic E-state index is 2.60. The van der Waals surface area contributed by atoms with Gasteiger partial charge in [-0.3, -0.25) is 0 Å². The minimum Gasteiger partial charge on any atom is -0.309 e. The Hall–Kier alpha value is -5.08. The van der Waals surface area contributed by atoms with Crippen LogP contribution in [0.5, 0.6) is 0 Å². The molecule has 0 atom stereocenters. The average Bonchev–Trinajstić information content (AvgIpc) is 3.74. The molecule has 0 unspecified atom stereocenters. The van der Waals surface area contributed by atoms with Gasteiger partial charge in [-0.2, -0.15) is 0 Å². The Morgan fingerprint density at radius 1 is 0.431 bits per heavy atom. The predicted molar refractivity (Wildman–Crippen MR) is 217 cm³/mol. The third-order valence-electron chi connectivity index (χ3n) is 12.9. The van der Waals surface area contributed by atoms with Crippen LogP contribution in [0.25, 0.3) is 55.0 Å². The van der Waals surface area contributed by atoms with Crippen molar-refractivity contribution in [2.75, 3.05) is 0 Å². The van der Waals surface area contributed by atoms with E-state index in [0.29, 0.717) is 0 Å². The number of benzene rings is 6. The second-order valence-corrected chi connectivity index (χ2v) is 17.1. The molecule has 1 spiro atoms. The van der Waals surface area contributed by atoms with E-state index in [1.165, 1.54) is 77.2 Å². The SMILES string of the molecule is Cc1cc2c(c(C)c1-n1c3ccccc3c3ccccc31)C(C)(C)CC21CC(C)(C)c2c1cc(C)c(-n1c3ccccc3c3ccccc31)c2C. The summed E-state index contributed by atoms with van der Waals surface area (Å²) in [4.78, 5) is 0. The number of para-hydroxylation sites is 4. The molecule has 8 aromatic rings. The van der Waals surface area contributed by atoms with Crippen LogP contribution < -0.4 is 0 Å². The molecule has 2 heterocycles. The summed E-state index contributed by atoms with van der Waals surface area (Å²) in [6.45, 7) is 19.6. The zero-order chi connectivity index (χ0) is 35.2. The first-order chi connectivity index (χ1) is 24.4.